The number of benzene rings is 1. The van der Waals surface area contributed by atoms with Gasteiger partial charge in [0.2, 0.25) is 11.9 Å². The van der Waals surface area contributed by atoms with Gasteiger partial charge >= 0.3 is 6.09 Å². The number of hydrogen-bond acceptors (Lipinski definition) is 7. The molecule has 2 aliphatic heterocycles. The fraction of sp³-hybridized carbons (Fsp3) is 0.400. The number of aromatic nitrogens is 2. The number of nitrogens with zero attached hydrogens (tertiary/aromatic N) is 5. The van der Waals surface area contributed by atoms with E-state index in [1.807, 2.05) is 30.3 Å². The largest absolute Gasteiger partial charge is 0.442 e. The van der Waals surface area contributed by atoms with E-state index in [9.17, 15) is 9.59 Å². The Morgan fingerprint density at radius 3 is 2.34 bits per heavy atom. The minimum absolute atomic E-state index is 0.136. The molecule has 0 unspecified atom stereocenters. The van der Waals surface area contributed by atoms with Crippen molar-refractivity contribution in [2.45, 2.75) is 13.0 Å². The summed E-state index contributed by atoms with van der Waals surface area (Å²) in [7, 11) is 0. The second kappa shape index (κ2) is 8.34. The van der Waals surface area contributed by atoms with Crippen molar-refractivity contribution < 1.29 is 14.3 Å². The van der Waals surface area contributed by atoms with Crippen molar-refractivity contribution in [3.05, 3.63) is 42.7 Å². The summed E-state index contributed by atoms with van der Waals surface area (Å²) in [6.07, 6.45) is 2.80. The third-order valence-corrected chi connectivity index (χ3v) is 5.09. The van der Waals surface area contributed by atoms with E-state index in [2.05, 4.69) is 25.1 Å². The van der Waals surface area contributed by atoms with Crippen LogP contribution in [0.15, 0.2) is 42.7 Å². The highest BCUT2D eigenvalue weighted by Gasteiger charge is 2.32. The zero-order valence-corrected chi connectivity index (χ0v) is 16.3. The van der Waals surface area contributed by atoms with E-state index in [1.165, 1.54) is 6.92 Å². The van der Waals surface area contributed by atoms with Crippen LogP contribution in [-0.4, -0.2) is 67.3 Å². The molecule has 2 fully saturated rings. The highest BCUT2D eigenvalue weighted by Crippen LogP contribution is 2.25. The first-order chi connectivity index (χ1) is 14.1. The number of hydrogen-bond donors (Lipinski definition) is 1. The van der Waals surface area contributed by atoms with Crippen molar-refractivity contribution in [3.63, 3.8) is 0 Å². The van der Waals surface area contributed by atoms with Gasteiger partial charge in [0.05, 0.1) is 13.1 Å². The summed E-state index contributed by atoms with van der Waals surface area (Å²) in [5, 5.41) is 2.69. The Bertz CT molecular complexity index is 852. The van der Waals surface area contributed by atoms with E-state index in [1.54, 1.807) is 17.3 Å². The lowest BCUT2D eigenvalue weighted by atomic mass is 10.2. The summed E-state index contributed by atoms with van der Waals surface area (Å²) in [6, 6.07) is 9.74. The lowest BCUT2D eigenvalue weighted by Crippen LogP contribution is -2.47. The molecule has 1 N–H and O–H groups in total. The molecule has 0 spiro atoms. The Balaban J connectivity index is 1.34. The lowest BCUT2D eigenvalue weighted by Gasteiger charge is -2.36. The van der Waals surface area contributed by atoms with Crippen LogP contribution >= 0.6 is 0 Å². The minimum atomic E-state index is -0.385. The number of carbonyl (C=O) groups is 2. The Morgan fingerprint density at radius 1 is 1.07 bits per heavy atom. The number of carbonyl (C=O) groups excluding carboxylic acids is 2. The zero-order valence-electron chi connectivity index (χ0n) is 16.3. The van der Waals surface area contributed by atoms with Crippen LogP contribution in [0.4, 0.5) is 22.1 Å². The van der Waals surface area contributed by atoms with Gasteiger partial charge < -0.3 is 19.9 Å². The maximum atomic E-state index is 12.2. The fourth-order valence-corrected chi connectivity index (χ4v) is 3.56. The molecule has 1 aromatic heterocycles. The summed E-state index contributed by atoms with van der Waals surface area (Å²) < 4.78 is 5.32. The molecule has 9 heteroatoms. The van der Waals surface area contributed by atoms with Crippen molar-refractivity contribution in [1.82, 2.24) is 15.3 Å². The molecule has 4 rings (SSSR count). The standard InChI is InChI=1S/C20H24N6O3/c1-15(27)23-13-18-14-26(20(28)29-18)17-5-3-16(4-6-17)24-9-11-25(12-10-24)19-21-7-2-8-22-19/h2-8,18H,9-14H2,1H3,(H,23,27)/t18-/m0/s1. The van der Waals surface area contributed by atoms with Gasteiger partial charge in [-0.15, -0.1) is 0 Å². The number of amides is 2. The highest BCUT2D eigenvalue weighted by molar-refractivity contribution is 5.90. The fourth-order valence-electron chi connectivity index (χ4n) is 3.56. The smallest absolute Gasteiger partial charge is 0.414 e. The van der Waals surface area contributed by atoms with Crippen molar-refractivity contribution in [2.75, 3.05) is 54.0 Å². The van der Waals surface area contributed by atoms with Gasteiger partial charge in [0, 0.05) is 56.9 Å². The van der Waals surface area contributed by atoms with Crippen LogP contribution in [0.3, 0.4) is 0 Å². The number of cyclic esters (lactones) is 1. The van der Waals surface area contributed by atoms with Crippen LogP contribution < -0.4 is 20.0 Å². The Labute approximate surface area is 169 Å². The number of rotatable bonds is 5. The van der Waals surface area contributed by atoms with E-state index in [0.29, 0.717) is 13.1 Å². The van der Waals surface area contributed by atoms with Crippen LogP contribution in [0.2, 0.25) is 0 Å². The first-order valence-electron chi connectivity index (χ1n) is 9.70. The second-order valence-electron chi connectivity index (χ2n) is 7.09. The Kier molecular flexibility index (Phi) is 5.46. The average Bonchev–Trinajstić information content (AvgIpc) is 3.14. The van der Waals surface area contributed by atoms with Gasteiger partial charge in [0.15, 0.2) is 0 Å². The maximum Gasteiger partial charge on any atom is 0.414 e. The van der Waals surface area contributed by atoms with Crippen molar-refractivity contribution >= 4 is 29.3 Å². The summed E-state index contributed by atoms with van der Waals surface area (Å²) in [6.45, 7) is 5.66. The molecule has 2 aromatic rings. The maximum absolute atomic E-state index is 12.2. The van der Waals surface area contributed by atoms with Gasteiger partial charge in [0.25, 0.3) is 0 Å². The summed E-state index contributed by atoms with van der Waals surface area (Å²) >= 11 is 0. The van der Waals surface area contributed by atoms with Gasteiger partial charge in [-0.2, -0.15) is 0 Å². The first kappa shape index (κ1) is 19.0. The summed E-state index contributed by atoms with van der Waals surface area (Å²) in [5.74, 6) is 0.631. The molecule has 0 bridgehead atoms. The zero-order chi connectivity index (χ0) is 20.2. The van der Waals surface area contributed by atoms with Gasteiger partial charge in [-0.1, -0.05) is 0 Å². The highest BCUT2D eigenvalue weighted by atomic mass is 16.6. The predicted molar refractivity (Wildman–Crippen MR) is 109 cm³/mol. The van der Waals surface area contributed by atoms with Crippen molar-refractivity contribution in [1.29, 1.82) is 0 Å². The molecule has 3 heterocycles. The van der Waals surface area contributed by atoms with Crippen LogP contribution in [0, 0.1) is 0 Å². The molecule has 0 radical (unpaired) electrons. The molecule has 1 aromatic carbocycles. The molecule has 0 saturated carbocycles. The monoisotopic (exact) mass is 396 g/mol. The Morgan fingerprint density at radius 2 is 1.69 bits per heavy atom. The number of piperazine rings is 1. The van der Waals surface area contributed by atoms with E-state index in [0.717, 1.165) is 43.5 Å². The minimum Gasteiger partial charge on any atom is -0.442 e. The van der Waals surface area contributed by atoms with Crippen molar-refractivity contribution in [3.8, 4) is 0 Å². The van der Waals surface area contributed by atoms with Gasteiger partial charge in [0.1, 0.15) is 6.10 Å². The topological polar surface area (TPSA) is 90.9 Å². The number of ether oxygens (including phenoxy) is 1. The summed E-state index contributed by atoms with van der Waals surface area (Å²) in [4.78, 5) is 37.9. The third-order valence-electron chi connectivity index (χ3n) is 5.09. The normalized spacial score (nSPS) is 19.3. The molecule has 2 saturated heterocycles. The molecule has 29 heavy (non-hydrogen) atoms. The van der Waals surface area contributed by atoms with E-state index in [4.69, 9.17) is 4.74 Å². The SMILES string of the molecule is CC(=O)NC[C@H]1CN(c2ccc(N3CCN(c4ncccn4)CC3)cc2)C(=O)O1. The second-order valence-corrected chi connectivity index (χ2v) is 7.09. The lowest BCUT2D eigenvalue weighted by molar-refractivity contribution is -0.119. The van der Waals surface area contributed by atoms with E-state index >= 15 is 0 Å². The third kappa shape index (κ3) is 4.39. The molecule has 2 aliphatic rings. The van der Waals surface area contributed by atoms with Crippen LogP contribution in [0.1, 0.15) is 6.92 Å². The quantitative estimate of drug-likeness (QED) is 0.814. The Hall–Kier alpha value is -3.36. The molecule has 9 nitrogen and oxygen atoms in total. The van der Waals surface area contributed by atoms with Crippen LogP contribution in [-0.2, 0) is 9.53 Å². The molecule has 1 atom stereocenters. The van der Waals surface area contributed by atoms with Gasteiger partial charge in [-0.3, -0.25) is 9.69 Å². The van der Waals surface area contributed by atoms with E-state index < -0.39 is 0 Å². The van der Waals surface area contributed by atoms with Gasteiger partial charge in [-0.25, -0.2) is 14.8 Å². The number of nitrogens with one attached hydrogen (secondary N) is 1. The van der Waals surface area contributed by atoms with Gasteiger partial charge in [-0.05, 0) is 30.3 Å². The van der Waals surface area contributed by atoms with Crippen molar-refractivity contribution in [2.24, 2.45) is 0 Å². The predicted octanol–water partition coefficient (Wildman–Crippen LogP) is 1.26. The first-order valence-corrected chi connectivity index (χ1v) is 9.70. The molecule has 0 aliphatic carbocycles. The molecule has 2 amide bonds. The van der Waals surface area contributed by atoms with Crippen LogP contribution in [0.25, 0.3) is 0 Å². The molecule has 152 valence electrons. The summed E-state index contributed by atoms with van der Waals surface area (Å²) in [5.41, 5.74) is 1.91. The molecular weight excluding hydrogens is 372 g/mol. The molecular formula is C20H24N6O3. The average molecular weight is 396 g/mol. The number of anilines is 3. The van der Waals surface area contributed by atoms with E-state index in [-0.39, 0.29) is 18.1 Å². The van der Waals surface area contributed by atoms with Crippen LogP contribution in [0.5, 0.6) is 0 Å².